The number of rotatable bonds is 6. The molecular formula is C31H50N2O6. The Kier molecular flexibility index (Phi) is 8.45. The monoisotopic (exact) mass is 546 g/mol. The second-order valence-corrected chi connectivity index (χ2v) is 14.4. The van der Waals surface area contributed by atoms with Crippen molar-refractivity contribution in [3.8, 4) is 0 Å². The van der Waals surface area contributed by atoms with Gasteiger partial charge in [0.05, 0.1) is 0 Å². The van der Waals surface area contributed by atoms with Gasteiger partial charge in [-0.3, -0.25) is 9.59 Å². The average Bonchev–Trinajstić information content (AvgIpc) is 3.19. The van der Waals surface area contributed by atoms with Crippen LogP contribution in [0.3, 0.4) is 0 Å². The van der Waals surface area contributed by atoms with E-state index in [9.17, 15) is 19.2 Å². The van der Waals surface area contributed by atoms with Crippen molar-refractivity contribution in [3.05, 3.63) is 0 Å². The number of ketones is 1. The minimum absolute atomic E-state index is 0.131. The smallest absolute Gasteiger partial charge is 0.408 e. The zero-order chi connectivity index (χ0) is 28.8. The standard InChI is InChI=1S/C31H50N2O6/c1-18(33-26(35)17-32-28(37)39-29(3,4)5)27(36)38-21-12-14-30(6)20(16-21)8-9-22-24-11-10-23(19(2)34)31(24,7)15-13-25(22)30/h18,20-25H,8-17H2,1-7H3,(H,32,37)(H,33,35)/t18-,20-,21+,22-,23+,24-,25-,30-,31+/m0/s1. The van der Waals surface area contributed by atoms with Crippen LogP contribution in [0.2, 0.25) is 0 Å². The zero-order valence-electron chi connectivity index (χ0n) is 25.1. The fourth-order valence-corrected chi connectivity index (χ4v) is 9.08. The molecule has 39 heavy (non-hydrogen) atoms. The van der Waals surface area contributed by atoms with E-state index in [4.69, 9.17) is 9.47 Å². The van der Waals surface area contributed by atoms with Crippen molar-refractivity contribution < 1.29 is 28.7 Å². The maximum atomic E-state index is 12.8. The van der Waals surface area contributed by atoms with Crippen molar-refractivity contribution in [2.75, 3.05) is 6.54 Å². The first-order valence-electron chi connectivity index (χ1n) is 15.1. The number of fused-ring (bicyclic) bond motifs is 5. The van der Waals surface area contributed by atoms with Crippen molar-refractivity contribution >= 4 is 23.8 Å². The van der Waals surface area contributed by atoms with Crippen molar-refractivity contribution in [2.24, 2.45) is 40.4 Å². The topological polar surface area (TPSA) is 111 Å². The number of nitrogens with one attached hydrogen (secondary N) is 2. The predicted octanol–water partition coefficient (Wildman–Crippen LogP) is 5.18. The molecule has 220 valence electrons. The lowest BCUT2D eigenvalue weighted by atomic mass is 9.44. The van der Waals surface area contributed by atoms with Gasteiger partial charge in [-0.05, 0) is 127 Å². The van der Waals surface area contributed by atoms with Gasteiger partial charge in [0.25, 0.3) is 0 Å². The maximum absolute atomic E-state index is 12.8. The largest absolute Gasteiger partial charge is 0.461 e. The first kappa shape index (κ1) is 29.9. The van der Waals surface area contributed by atoms with Gasteiger partial charge in [0, 0.05) is 5.92 Å². The molecule has 0 unspecified atom stereocenters. The van der Waals surface area contributed by atoms with E-state index in [-0.39, 0.29) is 29.4 Å². The summed E-state index contributed by atoms with van der Waals surface area (Å²) in [5.74, 6) is 2.30. The lowest BCUT2D eigenvalue weighted by molar-refractivity contribution is -0.165. The lowest BCUT2D eigenvalue weighted by Crippen LogP contribution is -2.54. The van der Waals surface area contributed by atoms with Crippen molar-refractivity contribution in [2.45, 2.75) is 124 Å². The first-order chi connectivity index (χ1) is 18.1. The van der Waals surface area contributed by atoms with Crippen LogP contribution in [0.25, 0.3) is 0 Å². The molecule has 9 atom stereocenters. The molecule has 8 heteroatoms. The van der Waals surface area contributed by atoms with Gasteiger partial charge in [-0.15, -0.1) is 0 Å². The number of Topliss-reactive ketones (excluding diaryl/α,β-unsaturated/α-hetero) is 1. The molecule has 0 aromatic rings. The van der Waals surface area contributed by atoms with Crippen LogP contribution in [0.1, 0.15) is 106 Å². The minimum Gasteiger partial charge on any atom is -0.461 e. The van der Waals surface area contributed by atoms with Gasteiger partial charge >= 0.3 is 12.1 Å². The molecule has 8 nitrogen and oxygen atoms in total. The molecule has 0 aromatic heterocycles. The molecule has 4 saturated carbocycles. The Labute approximate surface area is 234 Å². The second-order valence-electron chi connectivity index (χ2n) is 14.4. The van der Waals surface area contributed by atoms with Crippen LogP contribution in [0.15, 0.2) is 0 Å². The van der Waals surface area contributed by atoms with E-state index in [1.165, 1.54) is 19.3 Å². The van der Waals surface area contributed by atoms with Crippen LogP contribution in [0.5, 0.6) is 0 Å². The van der Waals surface area contributed by atoms with Gasteiger partial charge in [-0.1, -0.05) is 13.8 Å². The van der Waals surface area contributed by atoms with Crippen LogP contribution < -0.4 is 10.6 Å². The number of alkyl carbamates (subject to hydrolysis) is 1. The summed E-state index contributed by atoms with van der Waals surface area (Å²) in [5.41, 5.74) is -0.222. The molecule has 0 radical (unpaired) electrons. The molecule has 4 aliphatic rings. The van der Waals surface area contributed by atoms with Crippen LogP contribution in [0.4, 0.5) is 4.79 Å². The highest BCUT2D eigenvalue weighted by Crippen LogP contribution is 2.67. The summed E-state index contributed by atoms with van der Waals surface area (Å²) in [7, 11) is 0. The molecule has 0 aliphatic heterocycles. The van der Waals surface area contributed by atoms with Gasteiger partial charge in [0.1, 0.15) is 30.1 Å². The number of carbonyl (C=O) groups excluding carboxylic acids is 4. The number of amides is 2. The van der Waals surface area contributed by atoms with Crippen LogP contribution in [-0.4, -0.2) is 48.0 Å². The highest BCUT2D eigenvalue weighted by Gasteiger charge is 2.61. The molecule has 0 spiro atoms. The number of carbonyl (C=O) groups is 4. The molecule has 0 saturated heterocycles. The molecule has 0 aromatic carbocycles. The van der Waals surface area contributed by atoms with E-state index in [2.05, 4.69) is 24.5 Å². The molecule has 4 fully saturated rings. The van der Waals surface area contributed by atoms with E-state index >= 15 is 0 Å². The summed E-state index contributed by atoms with van der Waals surface area (Å²) >= 11 is 0. The highest BCUT2D eigenvalue weighted by atomic mass is 16.6. The summed E-state index contributed by atoms with van der Waals surface area (Å²) in [6.07, 6.45) is 8.96. The molecule has 2 amide bonds. The second kappa shape index (κ2) is 11.0. The third kappa shape index (κ3) is 6.14. The number of esters is 1. The Morgan fingerprint density at radius 2 is 1.59 bits per heavy atom. The third-order valence-electron chi connectivity index (χ3n) is 10.9. The molecule has 4 rings (SSSR count). The zero-order valence-corrected chi connectivity index (χ0v) is 25.1. The Bertz CT molecular complexity index is 975. The Morgan fingerprint density at radius 3 is 2.26 bits per heavy atom. The van der Waals surface area contributed by atoms with E-state index in [1.54, 1.807) is 34.6 Å². The van der Waals surface area contributed by atoms with Gasteiger partial charge in [0.15, 0.2) is 0 Å². The average molecular weight is 547 g/mol. The van der Waals surface area contributed by atoms with Gasteiger partial charge in [-0.2, -0.15) is 0 Å². The molecule has 0 bridgehead atoms. The van der Waals surface area contributed by atoms with Crippen LogP contribution >= 0.6 is 0 Å². The van der Waals surface area contributed by atoms with Crippen molar-refractivity contribution in [1.29, 1.82) is 0 Å². The normalized spacial score (nSPS) is 38.3. The molecular weight excluding hydrogens is 496 g/mol. The lowest BCUT2D eigenvalue weighted by Gasteiger charge is -2.61. The summed E-state index contributed by atoms with van der Waals surface area (Å²) in [6.45, 7) is 13.2. The fourth-order valence-electron chi connectivity index (χ4n) is 9.08. The Morgan fingerprint density at radius 1 is 0.923 bits per heavy atom. The van der Waals surface area contributed by atoms with Gasteiger partial charge in [-0.25, -0.2) is 9.59 Å². The Balaban J connectivity index is 1.27. The van der Waals surface area contributed by atoms with E-state index in [0.29, 0.717) is 29.5 Å². The highest BCUT2D eigenvalue weighted by molar-refractivity contribution is 5.87. The van der Waals surface area contributed by atoms with Gasteiger partial charge in [0.2, 0.25) is 5.91 Å². The third-order valence-corrected chi connectivity index (χ3v) is 10.9. The first-order valence-corrected chi connectivity index (χ1v) is 15.1. The predicted molar refractivity (Wildman–Crippen MR) is 148 cm³/mol. The van der Waals surface area contributed by atoms with E-state index < -0.39 is 29.6 Å². The molecule has 4 aliphatic carbocycles. The summed E-state index contributed by atoms with van der Waals surface area (Å²) in [4.78, 5) is 49.2. The minimum atomic E-state index is -0.797. The quantitative estimate of drug-likeness (QED) is 0.445. The van der Waals surface area contributed by atoms with Crippen molar-refractivity contribution in [1.82, 2.24) is 10.6 Å². The van der Waals surface area contributed by atoms with E-state index in [1.807, 2.05) is 0 Å². The summed E-state index contributed by atoms with van der Waals surface area (Å²) in [6, 6.07) is -0.797. The maximum Gasteiger partial charge on any atom is 0.408 e. The number of ether oxygens (including phenoxy) is 2. The number of hydrogen-bond acceptors (Lipinski definition) is 6. The SMILES string of the molecule is CC(=O)[C@H]1CC[C@H]2[C@@H]3CC[C@H]4C[C@H](OC(=O)[C@H](C)NC(=O)CNC(=O)OC(C)(C)C)CC[C@]4(C)[C@H]3CC[C@]12C. The summed E-state index contributed by atoms with van der Waals surface area (Å²) in [5, 5.41) is 5.02. The Hall–Kier alpha value is -2.12. The summed E-state index contributed by atoms with van der Waals surface area (Å²) < 4.78 is 11.0. The molecule has 2 N–H and O–H groups in total. The molecule has 0 heterocycles. The number of hydrogen-bond donors (Lipinski definition) is 2. The van der Waals surface area contributed by atoms with Gasteiger partial charge < -0.3 is 20.1 Å². The van der Waals surface area contributed by atoms with Crippen LogP contribution in [0, 0.1) is 40.4 Å². The van der Waals surface area contributed by atoms with Crippen molar-refractivity contribution in [3.63, 3.8) is 0 Å². The van der Waals surface area contributed by atoms with Crippen LogP contribution in [-0.2, 0) is 23.9 Å². The fraction of sp³-hybridized carbons (Fsp3) is 0.871. The van der Waals surface area contributed by atoms with E-state index in [0.717, 1.165) is 38.5 Å².